The number of anilines is 1. The van der Waals surface area contributed by atoms with Gasteiger partial charge in [-0.05, 0) is 43.7 Å². The van der Waals surface area contributed by atoms with E-state index in [4.69, 9.17) is 0 Å². The minimum atomic E-state index is -0.120. The summed E-state index contributed by atoms with van der Waals surface area (Å²) in [6.45, 7) is 3.31. The third-order valence-corrected chi connectivity index (χ3v) is 3.10. The lowest BCUT2D eigenvalue weighted by Crippen LogP contribution is -2.45. The number of rotatable bonds is 3. The number of benzene rings is 1. The average molecular weight is 261 g/mol. The summed E-state index contributed by atoms with van der Waals surface area (Å²) in [5.41, 5.74) is 1.31. The summed E-state index contributed by atoms with van der Waals surface area (Å²) in [7, 11) is 0. The van der Waals surface area contributed by atoms with Crippen LogP contribution in [0, 0.1) is 0 Å². The van der Waals surface area contributed by atoms with E-state index >= 15 is 0 Å². The topological polar surface area (TPSA) is 70.2 Å². The zero-order valence-electron chi connectivity index (χ0n) is 11.0. The molecule has 0 bridgehead atoms. The van der Waals surface area contributed by atoms with Crippen LogP contribution in [0.3, 0.4) is 0 Å². The third-order valence-electron chi connectivity index (χ3n) is 3.10. The molecule has 19 heavy (non-hydrogen) atoms. The molecule has 0 unspecified atom stereocenters. The van der Waals surface area contributed by atoms with Gasteiger partial charge in [-0.25, -0.2) is 0 Å². The van der Waals surface area contributed by atoms with Gasteiger partial charge in [0.2, 0.25) is 5.91 Å². The van der Waals surface area contributed by atoms with Crippen LogP contribution in [-0.2, 0) is 4.79 Å². The number of hydrogen-bond donors (Lipinski definition) is 3. The standard InChI is InChI=1S/C14H19N3O2/c1-10(18)16-12-6-4-11(5-7-12)14(19)17-13-3-2-8-15-9-13/h4-7,13,15H,2-3,8-9H2,1H3,(H,16,18)(H,17,19)/t13-/m0/s1. The van der Waals surface area contributed by atoms with Crippen LogP contribution in [-0.4, -0.2) is 30.9 Å². The molecule has 0 aromatic heterocycles. The van der Waals surface area contributed by atoms with Crippen LogP contribution in [0.2, 0.25) is 0 Å². The molecule has 2 rings (SSSR count). The Labute approximate surface area is 112 Å². The Morgan fingerprint density at radius 1 is 1.26 bits per heavy atom. The first kappa shape index (κ1) is 13.5. The molecule has 2 amide bonds. The molecule has 1 aromatic rings. The van der Waals surface area contributed by atoms with E-state index in [-0.39, 0.29) is 17.9 Å². The van der Waals surface area contributed by atoms with Gasteiger partial charge >= 0.3 is 0 Å². The number of hydrogen-bond acceptors (Lipinski definition) is 3. The summed E-state index contributed by atoms with van der Waals surface area (Å²) in [6, 6.07) is 7.11. The maximum Gasteiger partial charge on any atom is 0.251 e. The molecule has 1 aromatic carbocycles. The fraction of sp³-hybridized carbons (Fsp3) is 0.429. The van der Waals surface area contributed by atoms with Crippen LogP contribution in [0.4, 0.5) is 5.69 Å². The van der Waals surface area contributed by atoms with Crippen molar-refractivity contribution >= 4 is 17.5 Å². The first-order chi connectivity index (χ1) is 9.15. The molecule has 3 N–H and O–H groups in total. The van der Waals surface area contributed by atoms with Gasteiger partial charge in [0.1, 0.15) is 0 Å². The highest BCUT2D eigenvalue weighted by Crippen LogP contribution is 2.10. The summed E-state index contributed by atoms with van der Waals surface area (Å²) < 4.78 is 0. The SMILES string of the molecule is CC(=O)Nc1ccc(C(=O)N[C@H]2CCCNC2)cc1. The second-order valence-electron chi connectivity index (χ2n) is 4.78. The molecule has 0 saturated carbocycles. The maximum atomic E-state index is 12.0. The molecule has 102 valence electrons. The van der Waals surface area contributed by atoms with Crippen molar-refractivity contribution in [2.45, 2.75) is 25.8 Å². The molecule has 0 aliphatic carbocycles. The number of carbonyl (C=O) groups excluding carboxylic acids is 2. The second kappa shape index (κ2) is 6.33. The Balaban J connectivity index is 1.93. The van der Waals surface area contributed by atoms with Crippen molar-refractivity contribution in [2.24, 2.45) is 0 Å². The van der Waals surface area contributed by atoms with E-state index in [1.165, 1.54) is 6.92 Å². The normalized spacial score (nSPS) is 18.7. The van der Waals surface area contributed by atoms with Gasteiger partial charge in [0.05, 0.1) is 0 Å². The van der Waals surface area contributed by atoms with Gasteiger partial charge in [0, 0.05) is 30.8 Å². The van der Waals surface area contributed by atoms with Gasteiger partial charge in [-0.2, -0.15) is 0 Å². The van der Waals surface area contributed by atoms with Crippen LogP contribution in [0.25, 0.3) is 0 Å². The summed E-state index contributed by atoms with van der Waals surface area (Å²) in [5, 5.41) is 8.94. The molecule has 1 fully saturated rings. The van der Waals surface area contributed by atoms with Crippen LogP contribution in [0.1, 0.15) is 30.1 Å². The van der Waals surface area contributed by atoms with Gasteiger partial charge in [-0.15, -0.1) is 0 Å². The predicted octanol–water partition coefficient (Wildman–Crippen LogP) is 1.13. The Morgan fingerprint density at radius 2 is 2.00 bits per heavy atom. The van der Waals surface area contributed by atoms with Crippen molar-refractivity contribution in [3.63, 3.8) is 0 Å². The highest BCUT2D eigenvalue weighted by molar-refractivity contribution is 5.95. The largest absolute Gasteiger partial charge is 0.348 e. The quantitative estimate of drug-likeness (QED) is 0.764. The molecular weight excluding hydrogens is 242 g/mol. The highest BCUT2D eigenvalue weighted by atomic mass is 16.2. The van der Waals surface area contributed by atoms with E-state index in [0.717, 1.165) is 25.9 Å². The molecule has 1 aliphatic rings. The molecule has 0 radical (unpaired) electrons. The molecular formula is C14H19N3O2. The Kier molecular flexibility index (Phi) is 4.52. The van der Waals surface area contributed by atoms with E-state index in [1.54, 1.807) is 24.3 Å². The lowest BCUT2D eigenvalue weighted by atomic mass is 10.1. The van der Waals surface area contributed by atoms with Crippen molar-refractivity contribution < 1.29 is 9.59 Å². The minimum Gasteiger partial charge on any atom is -0.348 e. The van der Waals surface area contributed by atoms with Crippen molar-refractivity contribution in [2.75, 3.05) is 18.4 Å². The first-order valence-electron chi connectivity index (χ1n) is 6.54. The Bertz CT molecular complexity index is 450. The fourth-order valence-corrected chi connectivity index (χ4v) is 2.15. The van der Waals surface area contributed by atoms with Crippen LogP contribution in [0.15, 0.2) is 24.3 Å². The van der Waals surface area contributed by atoms with Crippen molar-refractivity contribution in [1.82, 2.24) is 10.6 Å². The zero-order valence-corrected chi connectivity index (χ0v) is 11.0. The van der Waals surface area contributed by atoms with E-state index in [9.17, 15) is 9.59 Å². The zero-order chi connectivity index (χ0) is 13.7. The Morgan fingerprint density at radius 3 is 2.58 bits per heavy atom. The van der Waals surface area contributed by atoms with Gasteiger partial charge in [0.15, 0.2) is 0 Å². The second-order valence-corrected chi connectivity index (χ2v) is 4.78. The van der Waals surface area contributed by atoms with E-state index < -0.39 is 0 Å². The van der Waals surface area contributed by atoms with Crippen LogP contribution >= 0.6 is 0 Å². The molecule has 1 heterocycles. The fourth-order valence-electron chi connectivity index (χ4n) is 2.15. The predicted molar refractivity (Wildman–Crippen MR) is 74.1 cm³/mol. The van der Waals surface area contributed by atoms with Crippen molar-refractivity contribution in [3.05, 3.63) is 29.8 Å². The summed E-state index contributed by atoms with van der Waals surface area (Å²) in [5.74, 6) is -0.187. The van der Waals surface area contributed by atoms with Gasteiger partial charge < -0.3 is 16.0 Å². The first-order valence-corrected chi connectivity index (χ1v) is 6.54. The summed E-state index contributed by atoms with van der Waals surface area (Å²) >= 11 is 0. The highest BCUT2D eigenvalue weighted by Gasteiger charge is 2.16. The Hall–Kier alpha value is -1.88. The minimum absolute atomic E-state index is 0.0666. The average Bonchev–Trinajstić information content (AvgIpc) is 2.40. The third kappa shape index (κ3) is 4.06. The number of piperidine rings is 1. The lowest BCUT2D eigenvalue weighted by Gasteiger charge is -2.23. The van der Waals surface area contributed by atoms with Crippen molar-refractivity contribution in [3.8, 4) is 0 Å². The van der Waals surface area contributed by atoms with Gasteiger partial charge in [0.25, 0.3) is 5.91 Å². The monoisotopic (exact) mass is 261 g/mol. The summed E-state index contributed by atoms with van der Waals surface area (Å²) in [6.07, 6.45) is 2.11. The molecule has 1 atom stereocenters. The number of nitrogens with one attached hydrogen (secondary N) is 3. The summed E-state index contributed by atoms with van der Waals surface area (Å²) in [4.78, 5) is 22.9. The van der Waals surface area contributed by atoms with E-state index in [0.29, 0.717) is 11.3 Å². The maximum absolute atomic E-state index is 12.0. The molecule has 1 saturated heterocycles. The van der Waals surface area contributed by atoms with Crippen LogP contribution < -0.4 is 16.0 Å². The molecule has 5 heteroatoms. The van der Waals surface area contributed by atoms with Gasteiger partial charge in [-0.3, -0.25) is 9.59 Å². The lowest BCUT2D eigenvalue weighted by molar-refractivity contribution is -0.114. The van der Waals surface area contributed by atoms with E-state index in [2.05, 4.69) is 16.0 Å². The molecule has 5 nitrogen and oxygen atoms in total. The number of amides is 2. The number of carbonyl (C=O) groups is 2. The van der Waals surface area contributed by atoms with E-state index in [1.807, 2.05) is 0 Å². The van der Waals surface area contributed by atoms with Gasteiger partial charge in [-0.1, -0.05) is 0 Å². The smallest absolute Gasteiger partial charge is 0.251 e. The molecule has 0 spiro atoms. The molecule has 1 aliphatic heterocycles. The van der Waals surface area contributed by atoms with Crippen molar-refractivity contribution in [1.29, 1.82) is 0 Å². The van der Waals surface area contributed by atoms with Crippen LogP contribution in [0.5, 0.6) is 0 Å².